The van der Waals surface area contributed by atoms with Crippen molar-refractivity contribution in [1.82, 2.24) is 0 Å². The van der Waals surface area contributed by atoms with Crippen LogP contribution in [-0.2, 0) is 4.79 Å². The summed E-state index contributed by atoms with van der Waals surface area (Å²) >= 11 is 5.78. The number of nitrogens with two attached hydrogens (primary N) is 1. The zero-order valence-corrected chi connectivity index (χ0v) is 11.0. The number of carbonyl (C=O) groups is 1. The van der Waals surface area contributed by atoms with Gasteiger partial charge in [-0.3, -0.25) is 4.79 Å². The van der Waals surface area contributed by atoms with E-state index in [1.807, 2.05) is 0 Å². The van der Waals surface area contributed by atoms with Crippen molar-refractivity contribution < 1.29 is 13.6 Å². The Bertz CT molecular complexity index is 649. The highest BCUT2D eigenvalue weighted by Crippen LogP contribution is 2.26. The van der Waals surface area contributed by atoms with Gasteiger partial charge in [0.05, 0.1) is 5.69 Å². The van der Waals surface area contributed by atoms with Crippen molar-refractivity contribution in [3.05, 3.63) is 64.7 Å². The summed E-state index contributed by atoms with van der Waals surface area (Å²) in [6.07, 6.45) is 0. The Kier molecular flexibility index (Phi) is 4.20. The van der Waals surface area contributed by atoms with Crippen molar-refractivity contribution in [1.29, 1.82) is 0 Å². The standard InChI is InChI=1S/C14H11ClF2N2O/c15-8-5-6-10(16)9(7-8)13(14(18)20)19-12-4-2-1-3-11(12)17/h1-7,13,19H,(H2,18,20). The number of nitrogens with one attached hydrogen (secondary N) is 1. The van der Waals surface area contributed by atoms with Crippen molar-refractivity contribution in [2.45, 2.75) is 6.04 Å². The summed E-state index contributed by atoms with van der Waals surface area (Å²) < 4.78 is 27.4. The van der Waals surface area contributed by atoms with Crippen molar-refractivity contribution >= 4 is 23.2 Å². The molecule has 0 aromatic heterocycles. The molecule has 0 spiro atoms. The van der Waals surface area contributed by atoms with Crippen LogP contribution in [0.4, 0.5) is 14.5 Å². The first-order valence-corrected chi connectivity index (χ1v) is 6.12. The Labute approximate surface area is 119 Å². The predicted octanol–water partition coefficient (Wildman–Crippen LogP) is 3.26. The molecule has 0 saturated heterocycles. The molecule has 1 unspecified atom stereocenters. The van der Waals surface area contributed by atoms with Gasteiger partial charge in [0.15, 0.2) is 0 Å². The van der Waals surface area contributed by atoms with Crippen LogP contribution in [0.3, 0.4) is 0 Å². The fourth-order valence-electron chi connectivity index (χ4n) is 1.77. The third-order valence-corrected chi connectivity index (χ3v) is 2.96. The second-order valence-electron chi connectivity index (χ2n) is 4.13. The number of anilines is 1. The van der Waals surface area contributed by atoms with Gasteiger partial charge in [0.25, 0.3) is 0 Å². The first-order valence-electron chi connectivity index (χ1n) is 5.74. The van der Waals surface area contributed by atoms with Crippen LogP contribution in [-0.4, -0.2) is 5.91 Å². The maximum atomic E-state index is 13.8. The van der Waals surface area contributed by atoms with E-state index in [1.54, 1.807) is 6.07 Å². The molecule has 3 nitrogen and oxygen atoms in total. The average molecular weight is 297 g/mol. The van der Waals surface area contributed by atoms with Gasteiger partial charge in [0.1, 0.15) is 17.7 Å². The maximum absolute atomic E-state index is 13.8. The third kappa shape index (κ3) is 3.05. The first-order chi connectivity index (χ1) is 9.49. The van der Waals surface area contributed by atoms with Gasteiger partial charge >= 0.3 is 0 Å². The molecular formula is C14H11ClF2N2O. The SMILES string of the molecule is NC(=O)C(Nc1ccccc1F)c1cc(Cl)ccc1F. The van der Waals surface area contributed by atoms with Crippen molar-refractivity contribution in [2.24, 2.45) is 5.73 Å². The maximum Gasteiger partial charge on any atom is 0.244 e. The molecular weight excluding hydrogens is 286 g/mol. The molecule has 0 aliphatic rings. The van der Waals surface area contributed by atoms with Crippen LogP contribution in [0.5, 0.6) is 0 Å². The number of hydrogen-bond acceptors (Lipinski definition) is 2. The normalized spacial score (nSPS) is 11.9. The van der Waals surface area contributed by atoms with Gasteiger partial charge in [-0.25, -0.2) is 8.78 Å². The molecule has 20 heavy (non-hydrogen) atoms. The number of halogens is 3. The summed E-state index contributed by atoms with van der Waals surface area (Å²) in [5.41, 5.74) is 5.27. The third-order valence-electron chi connectivity index (χ3n) is 2.73. The molecule has 0 heterocycles. The lowest BCUT2D eigenvalue weighted by molar-refractivity contribution is -0.118. The van der Waals surface area contributed by atoms with Crippen LogP contribution in [0.1, 0.15) is 11.6 Å². The van der Waals surface area contributed by atoms with Crippen molar-refractivity contribution in [3.63, 3.8) is 0 Å². The summed E-state index contributed by atoms with van der Waals surface area (Å²) in [6.45, 7) is 0. The lowest BCUT2D eigenvalue weighted by Gasteiger charge is -2.18. The largest absolute Gasteiger partial charge is 0.368 e. The first kappa shape index (κ1) is 14.3. The van der Waals surface area contributed by atoms with E-state index < -0.39 is 23.6 Å². The molecule has 1 atom stereocenters. The number of carbonyl (C=O) groups excluding carboxylic acids is 1. The Morgan fingerprint density at radius 2 is 1.85 bits per heavy atom. The smallest absolute Gasteiger partial charge is 0.244 e. The summed E-state index contributed by atoms with van der Waals surface area (Å²) in [4.78, 5) is 11.5. The van der Waals surface area contributed by atoms with E-state index in [1.165, 1.54) is 30.3 Å². The molecule has 1 amide bonds. The van der Waals surface area contributed by atoms with E-state index >= 15 is 0 Å². The Balaban J connectivity index is 2.40. The van der Waals surface area contributed by atoms with Crippen LogP contribution in [0, 0.1) is 11.6 Å². The molecule has 2 aromatic rings. The summed E-state index contributed by atoms with van der Waals surface area (Å²) in [6, 6.07) is 8.25. The molecule has 3 N–H and O–H groups in total. The number of para-hydroxylation sites is 1. The van der Waals surface area contributed by atoms with Gasteiger partial charge in [-0.1, -0.05) is 23.7 Å². The highest BCUT2D eigenvalue weighted by atomic mass is 35.5. The highest BCUT2D eigenvalue weighted by Gasteiger charge is 2.22. The number of hydrogen-bond donors (Lipinski definition) is 2. The number of primary amides is 1. The Morgan fingerprint density at radius 1 is 1.15 bits per heavy atom. The van der Waals surface area contributed by atoms with Crippen LogP contribution in [0.25, 0.3) is 0 Å². The van der Waals surface area contributed by atoms with Crippen molar-refractivity contribution in [3.8, 4) is 0 Å². The molecule has 0 saturated carbocycles. The average Bonchev–Trinajstić information content (AvgIpc) is 2.40. The zero-order valence-electron chi connectivity index (χ0n) is 10.2. The Hall–Kier alpha value is -2.14. The van der Waals surface area contributed by atoms with E-state index in [-0.39, 0.29) is 16.3 Å². The number of benzene rings is 2. The highest BCUT2D eigenvalue weighted by molar-refractivity contribution is 6.30. The molecule has 0 bridgehead atoms. The van der Waals surface area contributed by atoms with Crippen LogP contribution < -0.4 is 11.1 Å². The summed E-state index contributed by atoms with van der Waals surface area (Å²) in [5.74, 6) is -2.06. The van der Waals surface area contributed by atoms with Gasteiger partial charge in [-0.05, 0) is 30.3 Å². The van der Waals surface area contributed by atoms with Gasteiger partial charge in [-0.2, -0.15) is 0 Å². The lowest BCUT2D eigenvalue weighted by Crippen LogP contribution is -2.28. The number of rotatable bonds is 4. The van der Waals surface area contributed by atoms with Gasteiger partial charge < -0.3 is 11.1 Å². The zero-order chi connectivity index (χ0) is 14.7. The fourth-order valence-corrected chi connectivity index (χ4v) is 1.95. The molecule has 2 aromatic carbocycles. The second-order valence-corrected chi connectivity index (χ2v) is 4.56. The van der Waals surface area contributed by atoms with E-state index in [9.17, 15) is 13.6 Å². The van der Waals surface area contributed by atoms with Crippen LogP contribution in [0.15, 0.2) is 42.5 Å². The number of amides is 1. The van der Waals surface area contributed by atoms with Crippen molar-refractivity contribution in [2.75, 3.05) is 5.32 Å². The topological polar surface area (TPSA) is 55.1 Å². The summed E-state index contributed by atoms with van der Waals surface area (Å²) in [7, 11) is 0. The second kappa shape index (κ2) is 5.88. The molecule has 0 aliphatic carbocycles. The minimum absolute atomic E-state index is 0.0340. The van der Waals surface area contributed by atoms with E-state index in [0.717, 1.165) is 6.07 Å². The molecule has 2 rings (SSSR count). The van der Waals surface area contributed by atoms with E-state index in [4.69, 9.17) is 17.3 Å². The predicted molar refractivity (Wildman–Crippen MR) is 73.4 cm³/mol. The summed E-state index contributed by atoms with van der Waals surface area (Å²) in [5, 5.41) is 2.84. The van der Waals surface area contributed by atoms with Gasteiger partial charge in [0, 0.05) is 10.6 Å². The lowest BCUT2D eigenvalue weighted by atomic mass is 10.1. The minimum Gasteiger partial charge on any atom is -0.368 e. The molecule has 104 valence electrons. The molecule has 6 heteroatoms. The quantitative estimate of drug-likeness (QED) is 0.910. The van der Waals surface area contributed by atoms with Crippen LogP contribution >= 0.6 is 11.6 Å². The van der Waals surface area contributed by atoms with E-state index in [2.05, 4.69) is 5.32 Å². The molecule has 0 aliphatic heterocycles. The van der Waals surface area contributed by atoms with Gasteiger partial charge in [-0.15, -0.1) is 0 Å². The van der Waals surface area contributed by atoms with E-state index in [0.29, 0.717) is 0 Å². The van der Waals surface area contributed by atoms with Gasteiger partial charge in [0.2, 0.25) is 5.91 Å². The fraction of sp³-hybridized carbons (Fsp3) is 0.0714. The monoisotopic (exact) mass is 296 g/mol. The molecule has 0 fully saturated rings. The minimum atomic E-state index is -1.22. The Morgan fingerprint density at radius 3 is 2.50 bits per heavy atom. The molecule has 0 radical (unpaired) electrons. The van der Waals surface area contributed by atoms with Crippen LogP contribution in [0.2, 0.25) is 5.02 Å².